The van der Waals surface area contributed by atoms with E-state index in [0.717, 1.165) is 31.5 Å². The molecule has 0 unspecified atom stereocenters. The highest BCUT2D eigenvalue weighted by Gasteiger charge is 1.99. The maximum Gasteiger partial charge on any atom is 0.125 e. The summed E-state index contributed by atoms with van der Waals surface area (Å²) in [7, 11) is 0. The van der Waals surface area contributed by atoms with Gasteiger partial charge in [-0.1, -0.05) is 11.6 Å². The molecule has 2 rings (SSSR count). The summed E-state index contributed by atoms with van der Waals surface area (Å²) in [4.78, 5) is 3.99. The summed E-state index contributed by atoms with van der Waals surface area (Å²) >= 11 is 5.79. The lowest BCUT2D eigenvalue weighted by Crippen LogP contribution is -2.15. The summed E-state index contributed by atoms with van der Waals surface area (Å²) in [6.07, 6.45) is 7.73. The number of imidazole rings is 1. The van der Waals surface area contributed by atoms with E-state index in [1.54, 1.807) is 12.3 Å². The molecule has 0 aliphatic carbocycles. The molecule has 5 heteroatoms. The van der Waals surface area contributed by atoms with E-state index in [1.165, 1.54) is 12.1 Å². The third-order valence-electron chi connectivity index (χ3n) is 2.83. The predicted molar refractivity (Wildman–Crippen MR) is 74.6 cm³/mol. The van der Waals surface area contributed by atoms with Gasteiger partial charge in [-0.05, 0) is 43.1 Å². The van der Waals surface area contributed by atoms with Crippen molar-refractivity contribution < 1.29 is 4.39 Å². The lowest BCUT2D eigenvalue weighted by Gasteiger charge is -2.06. The van der Waals surface area contributed by atoms with Crippen LogP contribution in [0.5, 0.6) is 0 Å². The number of hydrogen-bond donors (Lipinski definition) is 1. The van der Waals surface area contributed by atoms with Crippen molar-refractivity contribution >= 4 is 11.6 Å². The molecular weight excluding hydrogens is 265 g/mol. The number of nitrogens with one attached hydrogen (secondary N) is 1. The zero-order valence-corrected chi connectivity index (χ0v) is 11.4. The molecule has 0 spiro atoms. The van der Waals surface area contributed by atoms with Crippen LogP contribution in [0.1, 0.15) is 18.4 Å². The molecule has 102 valence electrons. The van der Waals surface area contributed by atoms with Crippen LogP contribution in [-0.4, -0.2) is 16.1 Å². The van der Waals surface area contributed by atoms with Crippen LogP contribution in [0.2, 0.25) is 5.02 Å². The van der Waals surface area contributed by atoms with E-state index in [2.05, 4.69) is 14.9 Å². The van der Waals surface area contributed by atoms with Crippen LogP contribution in [0.3, 0.4) is 0 Å². The Bertz CT molecular complexity index is 479. The summed E-state index contributed by atoms with van der Waals surface area (Å²) in [6.45, 7) is 2.53. The molecule has 0 bridgehead atoms. The molecule has 3 nitrogen and oxygen atoms in total. The zero-order valence-electron chi connectivity index (χ0n) is 10.6. The first-order chi connectivity index (χ1) is 9.24. The molecule has 0 aliphatic rings. The number of hydrogen-bond acceptors (Lipinski definition) is 2. The number of halogens is 2. The normalized spacial score (nSPS) is 10.8. The molecule has 1 heterocycles. The Morgan fingerprint density at radius 1 is 1.26 bits per heavy atom. The third kappa shape index (κ3) is 5.01. The zero-order chi connectivity index (χ0) is 13.5. The number of unbranched alkanes of at least 4 members (excludes halogenated alkanes) is 1. The summed E-state index contributed by atoms with van der Waals surface area (Å²) < 4.78 is 15.2. The van der Waals surface area contributed by atoms with E-state index in [1.807, 2.05) is 12.5 Å². The van der Waals surface area contributed by atoms with Gasteiger partial charge in [-0.2, -0.15) is 0 Å². The summed E-state index contributed by atoms with van der Waals surface area (Å²) in [5, 5.41) is 3.73. The lowest BCUT2D eigenvalue weighted by atomic mass is 10.2. The monoisotopic (exact) mass is 281 g/mol. The highest BCUT2D eigenvalue weighted by Crippen LogP contribution is 2.13. The van der Waals surface area contributed by atoms with E-state index >= 15 is 0 Å². The van der Waals surface area contributed by atoms with Gasteiger partial charge in [-0.15, -0.1) is 0 Å². The van der Waals surface area contributed by atoms with Gasteiger partial charge in [0.25, 0.3) is 0 Å². The molecule has 0 amide bonds. The van der Waals surface area contributed by atoms with Crippen molar-refractivity contribution in [3.05, 3.63) is 53.3 Å². The second kappa shape index (κ2) is 7.26. The smallest absolute Gasteiger partial charge is 0.125 e. The molecule has 1 N–H and O–H groups in total. The molecule has 0 fully saturated rings. The topological polar surface area (TPSA) is 29.9 Å². The Morgan fingerprint density at radius 2 is 2.16 bits per heavy atom. The Balaban J connectivity index is 1.61. The van der Waals surface area contributed by atoms with E-state index in [0.29, 0.717) is 11.6 Å². The van der Waals surface area contributed by atoms with Crippen molar-refractivity contribution in [1.82, 2.24) is 14.9 Å². The highest BCUT2D eigenvalue weighted by atomic mass is 35.5. The minimum absolute atomic E-state index is 0.288. The van der Waals surface area contributed by atoms with Crippen LogP contribution < -0.4 is 5.32 Å². The molecule has 1 aromatic carbocycles. The lowest BCUT2D eigenvalue weighted by molar-refractivity contribution is 0.566. The molecule has 0 radical (unpaired) electrons. The Hall–Kier alpha value is -1.39. The number of aryl methyl sites for hydroxylation is 1. The van der Waals surface area contributed by atoms with Crippen molar-refractivity contribution in [1.29, 1.82) is 0 Å². The van der Waals surface area contributed by atoms with E-state index in [4.69, 9.17) is 11.6 Å². The second-order valence-corrected chi connectivity index (χ2v) is 4.90. The fourth-order valence-electron chi connectivity index (χ4n) is 1.91. The molecule has 1 aromatic heterocycles. The van der Waals surface area contributed by atoms with Gasteiger partial charge in [-0.25, -0.2) is 9.37 Å². The second-order valence-electron chi connectivity index (χ2n) is 4.46. The Kier molecular flexibility index (Phi) is 5.36. The first-order valence-electron chi connectivity index (χ1n) is 6.35. The average molecular weight is 282 g/mol. The quantitative estimate of drug-likeness (QED) is 0.790. The van der Waals surface area contributed by atoms with Crippen molar-refractivity contribution in [2.45, 2.75) is 25.9 Å². The number of aromatic nitrogens is 2. The van der Waals surface area contributed by atoms with Crippen molar-refractivity contribution in [3.8, 4) is 0 Å². The molecule has 0 saturated heterocycles. The molecule has 0 saturated carbocycles. The highest BCUT2D eigenvalue weighted by molar-refractivity contribution is 6.30. The Morgan fingerprint density at radius 3 is 2.89 bits per heavy atom. The van der Waals surface area contributed by atoms with Gasteiger partial charge in [0.2, 0.25) is 0 Å². The van der Waals surface area contributed by atoms with Crippen LogP contribution >= 0.6 is 11.6 Å². The van der Waals surface area contributed by atoms with E-state index in [-0.39, 0.29) is 5.82 Å². The van der Waals surface area contributed by atoms with Crippen LogP contribution in [0.25, 0.3) is 0 Å². The molecular formula is C14H17ClFN3. The number of rotatable bonds is 7. The molecule has 0 aliphatic heterocycles. The van der Waals surface area contributed by atoms with Gasteiger partial charge in [0, 0.05) is 30.5 Å². The SMILES string of the molecule is Fc1cc(Cl)cc(CNCCCCn2ccnc2)c1. The fraction of sp³-hybridized carbons (Fsp3) is 0.357. The van der Waals surface area contributed by atoms with Gasteiger partial charge >= 0.3 is 0 Å². The third-order valence-corrected chi connectivity index (χ3v) is 3.05. The van der Waals surface area contributed by atoms with Crippen molar-refractivity contribution in [3.63, 3.8) is 0 Å². The minimum atomic E-state index is -0.288. The van der Waals surface area contributed by atoms with Crippen molar-refractivity contribution in [2.75, 3.05) is 6.54 Å². The molecule has 0 atom stereocenters. The summed E-state index contributed by atoms with van der Waals surface area (Å²) in [6, 6.07) is 4.60. The Labute approximate surface area is 117 Å². The maximum absolute atomic E-state index is 13.1. The minimum Gasteiger partial charge on any atom is -0.337 e. The molecule has 19 heavy (non-hydrogen) atoms. The van der Waals surface area contributed by atoms with E-state index < -0.39 is 0 Å². The fourth-order valence-corrected chi connectivity index (χ4v) is 2.15. The van der Waals surface area contributed by atoms with Gasteiger partial charge in [0.1, 0.15) is 5.82 Å². The number of nitrogens with zero attached hydrogens (tertiary/aromatic N) is 2. The van der Waals surface area contributed by atoms with Crippen LogP contribution in [-0.2, 0) is 13.1 Å². The van der Waals surface area contributed by atoms with Gasteiger partial charge < -0.3 is 9.88 Å². The van der Waals surface area contributed by atoms with Crippen LogP contribution in [0.4, 0.5) is 4.39 Å². The maximum atomic E-state index is 13.1. The predicted octanol–water partition coefficient (Wildman–Crippen LogP) is 3.25. The van der Waals surface area contributed by atoms with E-state index in [9.17, 15) is 4.39 Å². The summed E-state index contributed by atoms with van der Waals surface area (Å²) in [5.41, 5.74) is 0.875. The first kappa shape index (κ1) is 14.0. The number of benzene rings is 1. The van der Waals surface area contributed by atoms with Crippen LogP contribution in [0, 0.1) is 5.82 Å². The van der Waals surface area contributed by atoms with Gasteiger partial charge in [-0.3, -0.25) is 0 Å². The largest absolute Gasteiger partial charge is 0.337 e. The summed E-state index contributed by atoms with van der Waals surface area (Å²) in [5.74, 6) is -0.288. The first-order valence-corrected chi connectivity index (χ1v) is 6.73. The average Bonchev–Trinajstić information content (AvgIpc) is 2.85. The van der Waals surface area contributed by atoms with Gasteiger partial charge in [0.05, 0.1) is 6.33 Å². The standard InChI is InChI=1S/C14H17ClFN3/c15-13-7-12(8-14(16)9-13)10-17-3-1-2-5-19-6-4-18-11-19/h4,6-9,11,17H,1-3,5,10H2. The van der Waals surface area contributed by atoms with Crippen molar-refractivity contribution in [2.24, 2.45) is 0 Å². The molecule has 2 aromatic rings. The van der Waals surface area contributed by atoms with Gasteiger partial charge in [0.15, 0.2) is 0 Å². The van der Waals surface area contributed by atoms with Crippen LogP contribution in [0.15, 0.2) is 36.9 Å².